The number of benzene rings is 2. The zero-order valence-corrected chi connectivity index (χ0v) is 16.0. The van der Waals surface area contributed by atoms with Crippen molar-refractivity contribution in [3.8, 4) is 16.9 Å². The molecule has 0 aromatic heterocycles. The highest BCUT2D eigenvalue weighted by molar-refractivity contribution is 5.95. The van der Waals surface area contributed by atoms with Gasteiger partial charge in [-0.05, 0) is 43.0 Å². The SMILES string of the molecule is O=C(c1ccc(-c2ccccc2O)cc1)N1CCCN(C(=O)C2CCC2)CC1. The fourth-order valence-corrected chi connectivity index (χ4v) is 3.95. The van der Waals surface area contributed by atoms with E-state index in [1.54, 1.807) is 12.1 Å². The molecule has 1 heterocycles. The highest BCUT2D eigenvalue weighted by atomic mass is 16.3. The third-order valence-corrected chi connectivity index (χ3v) is 5.90. The fourth-order valence-electron chi connectivity index (χ4n) is 3.95. The highest BCUT2D eigenvalue weighted by Crippen LogP contribution is 2.30. The molecule has 1 aliphatic heterocycles. The van der Waals surface area contributed by atoms with E-state index in [0.717, 1.165) is 43.4 Å². The zero-order valence-electron chi connectivity index (χ0n) is 16.0. The summed E-state index contributed by atoms with van der Waals surface area (Å²) in [7, 11) is 0. The first-order valence-corrected chi connectivity index (χ1v) is 10.1. The van der Waals surface area contributed by atoms with Gasteiger partial charge in [0.05, 0.1) is 0 Å². The highest BCUT2D eigenvalue weighted by Gasteiger charge is 2.31. The molecule has 1 N–H and O–H groups in total. The van der Waals surface area contributed by atoms with E-state index >= 15 is 0 Å². The van der Waals surface area contributed by atoms with Crippen LogP contribution in [-0.2, 0) is 4.79 Å². The van der Waals surface area contributed by atoms with Crippen molar-refractivity contribution in [2.24, 2.45) is 5.92 Å². The number of rotatable bonds is 3. The Hall–Kier alpha value is -2.82. The number of phenols is 1. The molecule has 2 amide bonds. The van der Waals surface area contributed by atoms with E-state index in [9.17, 15) is 14.7 Å². The molecule has 0 bridgehead atoms. The van der Waals surface area contributed by atoms with Crippen molar-refractivity contribution in [3.05, 3.63) is 54.1 Å². The summed E-state index contributed by atoms with van der Waals surface area (Å²) in [5.41, 5.74) is 2.27. The first-order valence-electron chi connectivity index (χ1n) is 10.1. The molecule has 5 heteroatoms. The predicted molar refractivity (Wildman–Crippen MR) is 108 cm³/mol. The number of carbonyl (C=O) groups excluding carboxylic acids is 2. The third kappa shape index (κ3) is 3.75. The molecule has 2 aliphatic rings. The van der Waals surface area contributed by atoms with Crippen LogP contribution in [0.15, 0.2) is 48.5 Å². The third-order valence-electron chi connectivity index (χ3n) is 5.90. The second-order valence-corrected chi connectivity index (χ2v) is 7.69. The van der Waals surface area contributed by atoms with Crippen molar-refractivity contribution in [2.75, 3.05) is 26.2 Å². The van der Waals surface area contributed by atoms with E-state index < -0.39 is 0 Å². The van der Waals surface area contributed by atoms with Crippen molar-refractivity contribution in [3.63, 3.8) is 0 Å². The lowest BCUT2D eigenvalue weighted by Gasteiger charge is -2.31. The summed E-state index contributed by atoms with van der Waals surface area (Å²) >= 11 is 0. The minimum atomic E-state index is 0.00165. The van der Waals surface area contributed by atoms with Crippen LogP contribution < -0.4 is 0 Å². The Kier molecular flexibility index (Phi) is 5.33. The van der Waals surface area contributed by atoms with Gasteiger partial charge in [0, 0.05) is 43.2 Å². The van der Waals surface area contributed by atoms with Gasteiger partial charge < -0.3 is 14.9 Å². The van der Waals surface area contributed by atoms with E-state index in [1.165, 1.54) is 0 Å². The molecular formula is C23H26N2O3. The van der Waals surface area contributed by atoms with Gasteiger partial charge in [-0.3, -0.25) is 9.59 Å². The van der Waals surface area contributed by atoms with Crippen LogP contribution in [0.4, 0.5) is 0 Å². The van der Waals surface area contributed by atoms with Crippen LogP contribution in [0.25, 0.3) is 11.1 Å². The Balaban J connectivity index is 1.41. The quantitative estimate of drug-likeness (QED) is 0.889. The molecular weight excluding hydrogens is 352 g/mol. The minimum absolute atomic E-state index is 0.00165. The lowest BCUT2D eigenvalue weighted by atomic mass is 9.84. The maximum atomic E-state index is 12.9. The molecule has 4 rings (SSSR count). The van der Waals surface area contributed by atoms with Crippen LogP contribution in [0.1, 0.15) is 36.0 Å². The number of phenolic OH excluding ortho intramolecular Hbond substituents is 1. The Morgan fingerprint density at radius 2 is 1.50 bits per heavy atom. The molecule has 1 saturated carbocycles. The van der Waals surface area contributed by atoms with Gasteiger partial charge in [0.15, 0.2) is 0 Å². The Labute approximate surface area is 165 Å². The molecule has 2 aromatic rings. The predicted octanol–water partition coefficient (Wildman–Crippen LogP) is 3.53. The Morgan fingerprint density at radius 3 is 2.18 bits per heavy atom. The van der Waals surface area contributed by atoms with Gasteiger partial charge in [0.1, 0.15) is 5.75 Å². The van der Waals surface area contributed by atoms with Crippen LogP contribution in [0.3, 0.4) is 0 Å². The van der Waals surface area contributed by atoms with E-state index in [2.05, 4.69) is 0 Å². The summed E-state index contributed by atoms with van der Waals surface area (Å²) in [6, 6.07) is 14.5. The van der Waals surface area contributed by atoms with Gasteiger partial charge in [-0.1, -0.05) is 36.8 Å². The monoisotopic (exact) mass is 378 g/mol. The molecule has 0 atom stereocenters. The van der Waals surface area contributed by atoms with Gasteiger partial charge in [-0.25, -0.2) is 0 Å². The van der Waals surface area contributed by atoms with Crippen molar-refractivity contribution >= 4 is 11.8 Å². The maximum Gasteiger partial charge on any atom is 0.253 e. The number of aromatic hydroxyl groups is 1. The van der Waals surface area contributed by atoms with Crippen molar-refractivity contribution in [1.29, 1.82) is 0 Å². The molecule has 5 nitrogen and oxygen atoms in total. The fraction of sp³-hybridized carbons (Fsp3) is 0.391. The lowest BCUT2D eigenvalue weighted by molar-refractivity contribution is -0.138. The van der Waals surface area contributed by atoms with Crippen LogP contribution >= 0.6 is 0 Å². The number of para-hydroxylation sites is 1. The van der Waals surface area contributed by atoms with E-state index in [-0.39, 0.29) is 23.5 Å². The van der Waals surface area contributed by atoms with E-state index in [0.29, 0.717) is 25.2 Å². The first-order chi connectivity index (χ1) is 13.6. The maximum absolute atomic E-state index is 12.9. The summed E-state index contributed by atoms with van der Waals surface area (Å²) in [4.78, 5) is 29.2. The van der Waals surface area contributed by atoms with Gasteiger partial charge in [-0.15, -0.1) is 0 Å². The number of amides is 2. The molecule has 2 aromatic carbocycles. The minimum Gasteiger partial charge on any atom is -0.507 e. The standard InChI is InChI=1S/C23H26N2O3/c26-21-8-2-1-7-20(21)17-9-11-19(12-10-17)23(28)25-14-4-13-24(15-16-25)22(27)18-5-3-6-18/h1-2,7-12,18,26H,3-6,13-16H2. The summed E-state index contributed by atoms with van der Waals surface area (Å²) in [5, 5.41) is 10.0. The Morgan fingerprint density at radius 1 is 0.821 bits per heavy atom. The van der Waals surface area contributed by atoms with Crippen LogP contribution in [0.5, 0.6) is 5.75 Å². The summed E-state index contributed by atoms with van der Waals surface area (Å²) in [5.74, 6) is 0.712. The molecule has 2 fully saturated rings. The van der Waals surface area contributed by atoms with Crippen molar-refractivity contribution in [2.45, 2.75) is 25.7 Å². The topological polar surface area (TPSA) is 60.9 Å². The number of nitrogens with zero attached hydrogens (tertiary/aromatic N) is 2. The second kappa shape index (κ2) is 8.05. The molecule has 0 unspecified atom stereocenters. The molecule has 1 saturated heterocycles. The van der Waals surface area contributed by atoms with Crippen LogP contribution in [-0.4, -0.2) is 52.9 Å². The molecule has 1 aliphatic carbocycles. The number of hydrogen-bond acceptors (Lipinski definition) is 3. The van der Waals surface area contributed by atoms with Crippen LogP contribution in [0.2, 0.25) is 0 Å². The molecule has 28 heavy (non-hydrogen) atoms. The number of hydrogen-bond donors (Lipinski definition) is 1. The van der Waals surface area contributed by atoms with E-state index in [1.807, 2.05) is 46.2 Å². The van der Waals surface area contributed by atoms with E-state index in [4.69, 9.17) is 0 Å². The first kappa shape index (κ1) is 18.5. The van der Waals surface area contributed by atoms with Crippen molar-refractivity contribution in [1.82, 2.24) is 9.80 Å². The molecule has 146 valence electrons. The normalized spacial score (nSPS) is 17.7. The molecule has 0 spiro atoms. The largest absolute Gasteiger partial charge is 0.507 e. The summed E-state index contributed by atoms with van der Waals surface area (Å²) < 4.78 is 0. The lowest BCUT2D eigenvalue weighted by Crippen LogP contribution is -2.41. The summed E-state index contributed by atoms with van der Waals surface area (Å²) in [6.45, 7) is 2.62. The number of carbonyl (C=O) groups is 2. The van der Waals surface area contributed by atoms with Crippen molar-refractivity contribution < 1.29 is 14.7 Å². The Bertz CT molecular complexity index is 858. The zero-order chi connectivity index (χ0) is 19.5. The van der Waals surface area contributed by atoms with Gasteiger partial charge >= 0.3 is 0 Å². The summed E-state index contributed by atoms with van der Waals surface area (Å²) in [6.07, 6.45) is 4.01. The molecule has 0 radical (unpaired) electrons. The van der Waals surface area contributed by atoms with Gasteiger partial charge in [-0.2, -0.15) is 0 Å². The second-order valence-electron chi connectivity index (χ2n) is 7.69. The van der Waals surface area contributed by atoms with Gasteiger partial charge in [0.25, 0.3) is 5.91 Å². The smallest absolute Gasteiger partial charge is 0.253 e. The average Bonchev–Trinajstić information content (AvgIpc) is 2.93. The average molecular weight is 378 g/mol. The van der Waals surface area contributed by atoms with Gasteiger partial charge in [0.2, 0.25) is 5.91 Å². The van der Waals surface area contributed by atoms with Crippen LogP contribution in [0, 0.1) is 5.92 Å².